The highest BCUT2D eigenvalue weighted by molar-refractivity contribution is 9.10. The molecule has 0 aliphatic carbocycles. The summed E-state index contributed by atoms with van der Waals surface area (Å²) in [6.45, 7) is 0.412. The quantitative estimate of drug-likeness (QED) is 0.687. The van der Waals surface area contributed by atoms with E-state index in [1.165, 1.54) is 7.11 Å². The number of methoxy groups -OCH3 is 1. The molecule has 0 radical (unpaired) electrons. The highest BCUT2D eigenvalue weighted by Gasteiger charge is 2.08. The molecule has 0 spiro atoms. The van der Waals surface area contributed by atoms with Crippen molar-refractivity contribution in [2.75, 3.05) is 12.8 Å². The number of nitrogen functional groups attached to an aromatic ring is 1. The lowest BCUT2D eigenvalue weighted by Crippen LogP contribution is -2.04. The average molecular weight is 336 g/mol. The lowest BCUT2D eigenvalue weighted by Gasteiger charge is -2.10. The van der Waals surface area contributed by atoms with Gasteiger partial charge in [-0.3, -0.25) is 0 Å². The van der Waals surface area contributed by atoms with E-state index in [2.05, 4.69) is 20.7 Å². The predicted octanol–water partition coefficient (Wildman–Crippen LogP) is 3.40. The molecule has 20 heavy (non-hydrogen) atoms. The molecule has 0 atom stereocenters. The third-order valence-electron chi connectivity index (χ3n) is 2.74. The summed E-state index contributed by atoms with van der Waals surface area (Å²) in [7, 11) is 1.33. The fraction of sp³-hybridized carbons (Fsp3) is 0.133. The van der Waals surface area contributed by atoms with Crippen LogP contribution in [0.2, 0.25) is 0 Å². The van der Waals surface area contributed by atoms with Gasteiger partial charge in [-0.2, -0.15) is 0 Å². The standard InChI is InChI=1S/C15H14BrNO3/c1-19-15(18)11-4-7-14(13(17)8-11)20-9-10-2-5-12(16)6-3-10/h2-8H,9,17H2,1H3. The van der Waals surface area contributed by atoms with Gasteiger partial charge in [0, 0.05) is 4.47 Å². The average Bonchev–Trinajstić information content (AvgIpc) is 2.46. The van der Waals surface area contributed by atoms with E-state index in [9.17, 15) is 4.79 Å². The van der Waals surface area contributed by atoms with Crippen molar-refractivity contribution in [3.63, 3.8) is 0 Å². The van der Waals surface area contributed by atoms with Crippen molar-refractivity contribution in [3.8, 4) is 5.75 Å². The van der Waals surface area contributed by atoms with Crippen LogP contribution in [0.1, 0.15) is 15.9 Å². The normalized spacial score (nSPS) is 10.1. The zero-order chi connectivity index (χ0) is 14.5. The minimum absolute atomic E-state index is 0.404. The second kappa shape index (κ2) is 6.43. The van der Waals surface area contributed by atoms with Crippen LogP contribution >= 0.6 is 15.9 Å². The second-order valence-corrected chi connectivity index (χ2v) is 5.08. The number of hydrogen-bond donors (Lipinski definition) is 1. The Morgan fingerprint density at radius 3 is 2.50 bits per heavy atom. The van der Waals surface area contributed by atoms with Gasteiger partial charge in [0.25, 0.3) is 0 Å². The van der Waals surface area contributed by atoms with Crippen molar-refractivity contribution in [3.05, 3.63) is 58.1 Å². The number of benzene rings is 2. The molecule has 0 bridgehead atoms. The lowest BCUT2D eigenvalue weighted by molar-refractivity contribution is 0.0600. The first-order valence-electron chi connectivity index (χ1n) is 5.95. The number of nitrogens with two attached hydrogens (primary N) is 1. The molecule has 2 aromatic carbocycles. The minimum atomic E-state index is -0.420. The summed E-state index contributed by atoms with van der Waals surface area (Å²) in [4.78, 5) is 11.4. The summed E-state index contributed by atoms with van der Waals surface area (Å²) in [5.74, 6) is 0.122. The number of rotatable bonds is 4. The fourth-order valence-electron chi connectivity index (χ4n) is 1.67. The Kier molecular flexibility index (Phi) is 4.63. The molecule has 104 valence electrons. The molecule has 0 saturated heterocycles. The lowest BCUT2D eigenvalue weighted by atomic mass is 10.2. The first-order valence-corrected chi connectivity index (χ1v) is 6.74. The zero-order valence-corrected chi connectivity index (χ0v) is 12.5. The molecule has 4 nitrogen and oxygen atoms in total. The van der Waals surface area contributed by atoms with Gasteiger partial charge in [0.15, 0.2) is 0 Å². The molecule has 2 rings (SSSR count). The minimum Gasteiger partial charge on any atom is -0.487 e. The van der Waals surface area contributed by atoms with E-state index < -0.39 is 5.97 Å². The topological polar surface area (TPSA) is 61.5 Å². The molecule has 0 fully saturated rings. The van der Waals surface area contributed by atoms with E-state index in [0.29, 0.717) is 23.6 Å². The molecule has 0 unspecified atom stereocenters. The largest absolute Gasteiger partial charge is 0.487 e. The highest BCUT2D eigenvalue weighted by atomic mass is 79.9. The van der Waals surface area contributed by atoms with Crippen molar-refractivity contribution < 1.29 is 14.3 Å². The third kappa shape index (κ3) is 3.51. The van der Waals surface area contributed by atoms with Crippen molar-refractivity contribution in [1.82, 2.24) is 0 Å². The first kappa shape index (κ1) is 14.4. The van der Waals surface area contributed by atoms with E-state index in [0.717, 1.165) is 10.0 Å². The van der Waals surface area contributed by atoms with Gasteiger partial charge in [0.1, 0.15) is 12.4 Å². The van der Waals surface area contributed by atoms with Gasteiger partial charge in [-0.25, -0.2) is 4.79 Å². The summed E-state index contributed by atoms with van der Waals surface area (Å²) < 4.78 is 11.3. The number of ether oxygens (including phenoxy) is 2. The maximum absolute atomic E-state index is 11.4. The van der Waals surface area contributed by atoms with Crippen LogP contribution in [0.25, 0.3) is 0 Å². The molecule has 2 N–H and O–H groups in total. The molecule has 5 heteroatoms. The van der Waals surface area contributed by atoms with Gasteiger partial charge in [-0.1, -0.05) is 28.1 Å². The molecular formula is C15H14BrNO3. The molecule has 0 amide bonds. The Morgan fingerprint density at radius 2 is 1.90 bits per heavy atom. The first-order chi connectivity index (χ1) is 9.60. The van der Waals surface area contributed by atoms with Gasteiger partial charge in [0.2, 0.25) is 0 Å². The van der Waals surface area contributed by atoms with E-state index in [1.54, 1.807) is 18.2 Å². The number of halogens is 1. The summed E-state index contributed by atoms with van der Waals surface area (Å²) in [6, 6.07) is 12.7. The van der Waals surface area contributed by atoms with Crippen LogP contribution in [-0.2, 0) is 11.3 Å². The van der Waals surface area contributed by atoms with Crippen LogP contribution in [0.5, 0.6) is 5.75 Å². The van der Waals surface area contributed by atoms with Gasteiger partial charge >= 0.3 is 5.97 Å². The van der Waals surface area contributed by atoms with Crippen molar-refractivity contribution in [2.45, 2.75) is 6.61 Å². The summed E-state index contributed by atoms with van der Waals surface area (Å²) in [5.41, 5.74) is 7.71. The maximum atomic E-state index is 11.4. The number of hydrogen-bond acceptors (Lipinski definition) is 4. The van der Waals surface area contributed by atoms with Gasteiger partial charge in [-0.15, -0.1) is 0 Å². The molecule has 0 aromatic heterocycles. The van der Waals surface area contributed by atoms with Crippen molar-refractivity contribution >= 4 is 27.6 Å². The molecule has 0 heterocycles. The Bertz CT molecular complexity index is 611. The predicted molar refractivity (Wildman–Crippen MR) is 80.7 cm³/mol. The third-order valence-corrected chi connectivity index (χ3v) is 3.27. The van der Waals surface area contributed by atoms with E-state index in [4.69, 9.17) is 10.5 Å². The Labute approximate surface area is 125 Å². The van der Waals surface area contributed by atoms with E-state index in [-0.39, 0.29) is 0 Å². The van der Waals surface area contributed by atoms with Gasteiger partial charge < -0.3 is 15.2 Å². The zero-order valence-electron chi connectivity index (χ0n) is 10.9. The van der Waals surface area contributed by atoms with Crippen LogP contribution in [0.3, 0.4) is 0 Å². The number of anilines is 1. The Balaban J connectivity index is 2.06. The van der Waals surface area contributed by atoms with Gasteiger partial charge in [0.05, 0.1) is 18.4 Å². The molecule has 0 aliphatic rings. The van der Waals surface area contributed by atoms with E-state index >= 15 is 0 Å². The SMILES string of the molecule is COC(=O)c1ccc(OCc2ccc(Br)cc2)c(N)c1. The van der Waals surface area contributed by atoms with Crippen LogP contribution in [0.4, 0.5) is 5.69 Å². The van der Waals surface area contributed by atoms with Crippen molar-refractivity contribution in [2.24, 2.45) is 0 Å². The maximum Gasteiger partial charge on any atom is 0.337 e. The molecular weight excluding hydrogens is 322 g/mol. The number of carbonyl (C=O) groups excluding carboxylic acids is 1. The van der Waals surface area contributed by atoms with E-state index in [1.807, 2.05) is 24.3 Å². The molecule has 2 aromatic rings. The van der Waals surface area contributed by atoms with Crippen LogP contribution in [0, 0.1) is 0 Å². The second-order valence-electron chi connectivity index (χ2n) is 4.16. The van der Waals surface area contributed by atoms with Crippen LogP contribution < -0.4 is 10.5 Å². The Hall–Kier alpha value is -2.01. The summed E-state index contributed by atoms with van der Waals surface area (Å²) in [6.07, 6.45) is 0. The smallest absolute Gasteiger partial charge is 0.337 e. The summed E-state index contributed by atoms with van der Waals surface area (Å²) in [5, 5.41) is 0. The number of carbonyl (C=O) groups is 1. The summed E-state index contributed by atoms with van der Waals surface area (Å²) >= 11 is 3.38. The number of esters is 1. The fourth-order valence-corrected chi connectivity index (χ4v) is 1.93. The Morgan fingerprint density at radius 1 is 1.20 bits per heavy atom. The molecule has 0 saturated carbocycles. The molecule has 0 aliphatic heterocycles. The highest BCUT2D eigenvalue weighted by Crippen LogP contribution is 2.24. The van der Waals surface area contributed by atoms with Crippen LogP contribution in [0.15, 0.2) is 46.9 Å². The van der Waals surface area contributed by atoms with Crippen LogP contribution in [-0.4, -0.2) is 13.1 Å². The van der Waals surface area contributed by atoms with Crippen molar-refractivity contribution in [1.29, 1.82) is 0 Å². The monoisotopic (exact) mass is 335 g/mol. The van der Waals surface area contributed by atoms with Gasteiger partial charge in [-0.05, 0) is 35.9 Å².